The van der Waals surface area contributed by atoms with Gasteiger partial charge in [0.25, 0.3) is 5.91 Å². The molecule has 182 valence electrons. The first-order chi connectivity index (χ1) is 17.3. The number of nitrogens with zero attached hydrogens (tertiary/aromatic N) is 1. The number of hydrogen-bond acceptors (Lipinski definition) is 4. The topological polar surface area (TPSA) is 75.7 Å². The molecule has 3 amide bonds. The highest BCUT2D eigenvalue weighted by atomic mass is 16.5. The van der Waals surface area contributed by atoms with Crippen molar-refractivity contribution in [2.24, 2.45) is 11.8 Å². The third-order valence-electron chi connectivity index (χ3n) is 7.04. The zero-order chi connectivity index (χ0) is 25.4. The van der Waals surface area contributed by atoms with Crippen LogP contribution in [0.5, 0.6) is 11.5 Å². The number of nitrogens with one attached hydrogen (secondary N) is 1. The zero-order valence-corrected chi connectivity index (χ0v) is 20.6. The van der Waals surface area contributed by atoms with Crippen LogP contribution in [0.25, 0.3) is 0 Å². The van der Waals surface area contributed by atoms with Crippen LogP contribution >= 0.6 is 0 Å². The lowest BCUT2D eigenvalue weighted by Crippen LogP contribution is -2.33. The smallest absolute Gasteiger partial charge is 0.257 e. The Morgan fingerprint density at radius 1 is 0.861 bits per heavy atom. The van der Waals surface area contributed by atoms with Gasteiger partial charge >= 0.3 is 0 Å². The van der Waals surface area contributed by atoms with Gasteiger partial charge in [0.1, 0.15) is 11.5 Å². The number of carbonyl (C=O) groups excluding carboxylic acids is 3. The van der Waals surface area contributed by atoms with Crippen molar-refractivity contribution >= 4 is 29.1 Å². The van der Waals surface area contributed by atoms with Crippen molar-refractivity contribution in [2.75, 3.05) is 10.2 Å². The third kappa shape index (κ3) is 4.42. The molecule has 1 N–H and O–H groups in total. The fraction of sp³-hybridized carbons (Fsp3) is 0.233. The lowest BCUT2D eigenvalue weighted by atomic mass is 9.82. The van der Waals surface area contributed by atoms with Gasteiger partial charge in [-0.3, -0.25) is 14.4 Å². The monoisotopic (exact) mass is 480 g/mol. The van der Waals surface area contributed by atoms with Gasteiger partial charge in [0.05, 0.1) is 23.1 Å². The Morgan fingerprint density at radius 3 is 2.31 bits per heavy atom. The van der Waals surface area contributed by atoms with Crippen molar-refractivity contribution in [1.82, 2.24) is 0 Å². The van der Waals surface area contributed by atoms with E-state index in [4.69, 9.17) is 4.74 Å². The van der Waals surface area contributed by atoms with E-state index in [9.17, 15) is 14.4 Å². The number of carbonyl (C=O) groups is 3. The van der Waals surface area contributed by atoms with Crippen LogP contribution in [0.15, 0.2) is 78.4 Å². The molecule has 0 unspecified atom stereocenters. The van der Waals surface area contributed by atoms with E-state index in [2.05, 4.69) is 12.2 Å². The highest BCUT2D eigenvalue weighted by Crippen LogP contribution is 2.40. The van der Waals surface area contributed by atoms with E-state index in [-0.39, 0.29) is 29.2 Å². The normalized spacial score (nSPS) is 19.1. The van der Waals surface area contributed by atoms with Crippen molar-refractivity contribution in [3.05, 3.63) is 95.1 Å². The van der Waals surface area contributed by atoms with E-state index in [0.717, 1.165) is 16.9 Å². The fourth-order valence-electron chi connectivity index (χ4n) is 4.85. The molecular weight excluding hydrogens is 452 g/mol. The predicted octanol–water partition coefficient (Wildman–Crippen LogP) is 6.19. The van der Waals surface area contributed by atoms with Gasteiger partial charge in [-0.15, -0.1) is 0 Å². The van der Waals surface area contributed by atoms with Crippen molar-refractivity contribution in [1.29, 1.82) is 0 Å². The summed E-state index contributed by atoms with van der Waals surface area (Å²) in [5, 5.41) is 2.88. The number of imide groups is 1. The number of ether oxygens (including phenoxy) is 1. The number of rotatable bonds is 5. The number of hydrogen-bond donors (Lipinski definition) is 1. The average Bonchev–Trinajstić information content (AvgIpc) is 3.11. The first-order valence-corrected chi connectivity index (χ1v) is 12.1. The molecule has 6 nitrogen and oxygen atoms in total. The summed E-state index contributed by atoms with van der Waals surface area (Å²) in [7, 11) is 0. The molecular formula is C30H28N2O4. The highest BCUT2D eigenvalue weighted by molar-refractivity contribution is 6.25. The molecule has 2 atom stereocenters. The van der Waals surface area contributed by atoms with E-state index >= 15 is 0 Å². The molecule has 36 heavy (non-hydrogen) atoms. The summed E-state index contributed by atoms with van der Waals surface area (Å²) in [6.45, 7) is 6.07. The first-order valence-electron chi connectivity index (χ1n) is 12.1. The highest BCUT2D eigenvalue weighted by Gasteiger charge is 2.49. The van der Waals surface area contributed by atoms with Crippen LogP contribution in [-0.2, 0) is 9.59 Å². The minimum Gasteiger partial charge on any atom is -0.457 e. The summed E-state index contributed by atoms with van der Waals surface area (Å²) >= 11 is 0. The second kappa shape index (κ2) is 9.46. The van der Waals surface area contributed by atoms with Crippen LogP contribution in [0, 0.1) is 25.7 Å². The summed E-state index contributed by atoms with van der Waals surface area (Å²) < 4.78 is 5.92. The van der Waals surface area contributed by atoms with Gasteiger partial charge in [-0.05, 0) is 93.3 Å². The maximum atomic E-state index is 13.2. The van der Waals surface area contributed by atoms with Crippen LogP contribution < -0.4 is 15.0 Å². The molecule has 1 aliphatic carbocycles. The minimum absolute atomic E-state index is 0.231. The molecule has 1 fully saturated rings. The maximum Gasteiger partial charge on any atom is 0.257 e. The van der Waals surface area contributed by atoms with Gasteiger partial charge in [-0.2, -0.15) is 0 Å². The quantitative estimate of drug-likeness (QED) is 0.349. The van der Waals surface area contributed by atoms with Gasteiger partial charge in [0, 0.05) is 5.69 Å². The lowest BCUT2D eigenvalue weighted by molar-refractivity contribution is -0.122. The summed E-state index contributed by atoms with van der Waals surface area (Å²) in [6, 6.07) is 19.7. The molecule has 0 radical (unpaired) electrons. The largest absolute Gasteiger partial charge is 0.457 e. The number of amides is 3. The van der Waals surface area contributed by atoms with Crippen LogP contribution in [-0.4, -0.2) is 17.7 Å². The lowest BCUT2D eigenvalue weighted by Gasteiger charge is -2.19. The van der Waals surface area contributed by atoms with E-state index in [1.165, 1.54) is 10.5 Å². The zero-order valence-electron chi connectivity index (χ0n) is 20.6. The molecule has 0 saturated carbocycles. The van der Waals surface area contributed by atoms with Crippen molar-refractivity contribution in [3.8, 4) is 11.5 Å². The number of allylic oxidation sites excluding steroid dienone is 2. The molecule has 3 aromatic carbocycles. The summed E-state index contributed by atoms with van der Waals surface area (Å²) in [5.74, 6) is -0.178. The Bertz CT molecular complexity index is 1390. The fourth-order valence-corrected chi connectivity index (χ4v) is 4.85. The van der Waals surface area contributed by atoms with Crippen LogP contribution in [0.1, 0.15) is 41.3 Å². The molecule has 1 aliphatic heterocycles. The SMILES string of the molecule is CC1=CC[C@H]2C(=O)N(c3ccccc3C(=O)Nc3ccc(Oc4ccc(C)c(C)c4)cc3)C(=O)[C@@H]2C1. The molecule has 5 rings (SSSR count). The number of anilines is 2. The standard InChI is InChI=1S/C30H28N2O4/c1-18-8-15-24-26(16-18)30(35)32(29(24)34)27-7-5-4-6-25(27)28(33)31-21-10-13-22(14-11-21)36-23-12-9-19(2)20(3)17-23/h4-14,17,24,26H,15-16H2,1-3H3,(H,31,33)/t24-,26-/m1/s1. The molecule has 3 aromatic rings. The Balaban J connectivity index is 1.32. The van der Waals surface area contributed by atoms with Crippen molar-refractivity contribution in [3.63, 3.8) is 0 Å². The summed E-state index contributed by atoms with van der Waals surface area (Å²) in [5.41, 5.74) is 4.65. The summed E-state index contributed by atoms with van der Waals surface area (Å²) in [4.78, 5) is 40.8. The van der Waals surface area contributed by atoms with E-state index in [0.29, 0.717) is 30.0 Å². The van der Waals surface area contributed by atoms with E-state index in [1.54, 1.807) is 48.5 Å². The number of fused-ring (bicyclic) bond motifs is 1. The Labute approximate surface area is 210 Å². The Kier molecular flexibility index (Phi) is 6.18. The Morgan fingerprint density at radius 2 is 1.56 bits per heavy atom. The van der Waals surface area contributed by atoms with Gasteiger partial charge in [0.15, 0.2) is 0 Å². The average molecular weight is 481 g/mol. The van der Waals surface area contributed by atoms with E-state index in [1.807, 2.05) is 38.1 Å². The van der Waals surface area contributed by atoms with Gasteiger partial charge in [0.2, 0.25) is 11.8 Å². The molecule has 0 aromatic heterocycles. The third-order valence-corrected chi connectivity index (χ3v) is 7.04. The van der Waals surface area contributed by atoms with Gasteiger partial charge in [-0.1, -0.05) is 29.8 Å². The molecule has 2 aliphatic rings. The molecule has 1 heterocycles. The second-order valence-electron chi connectivity index (χ2n) is 9.56. The van der Waals surface area contributed by atoms with Crippen molar-refractivity contribution < 1.29 is 19.1 Å². The molecule has 0 bridgehead atoms. The van der Waals surface area contributed by atoms with Crippen LogP contribution in [0.4, 0.5) is 11.4 Å². The first kappa shape index (κ1) is 23.5. The molecule has 1 saturated heterocycles. The van der Waals surface area contributed by atoms with Gasteiger partial charge in [-0.25, -0.2) is 4.90 Å². The van der Waals surface area contributed by atoms with Crippen LogP contribution in [0.3, 0.4) is 0 Å². The van der Waals surface area contributed by atoms with Gasteiger partial charge < -0.3 is 10.1 Å². The molecule has 6 heteroatoms. The van der Waals surface area contributed by atoms with E-state index < -0.39 is 5.91 Å². The maximum absolute atomic E-state index is 13.2. The van der Waals surface area contributed by atoms with Crippen LogP contribution in [0.2, 0.25) is 0 Å². The number of para-hydroxylation sites is 1. The Hall–Kier alpha value is -4.19. The second-order valence-corrected chi connectivity index (χ2v) is 9.56. The minimum atomic E-state index is -0.391. The predicted molar refractivity (Wildman–Crippen MR) is 139 cm³/mol. The number of benzene rings is 3. The molecule has 0 spiro atoms. The number of aryl methyl sites for hydroxylation is 2. The van der Waals surface area contributed by atoms with Crippen molar-refractivity contribution in [2.45, 2.75) is 33.6 Å². The summed E-state index contributed by atoms with van der Waals surface area (Å²) in [6.07, 6.45) is 3.17.